The van der Waals surface area contributed by atoms with Crippen LogP contribution in [0.3, 0.4) is 0 Å². The van der Waals surface area contributed by atoms with Gasteiger partial charge in [-0.25, -0.2) is 0 Å². The molecular weight excluding hydrogens is 556 g/mol. The molecule has 0 fully saturated rings. The van der Waals surface area contributed by atoms with Crippen LogP contribution in [-0.4, -0.2) is 114 Å². The summed E-state index contributed by atoms with van der Waals surface area (Å²) >= 11 is 0. The van der Waals surface area contributed by atoms with Crippen LogP contribution in [-0.2, 0) is 58.8 Å². The van der Waals surface area contributed by atoms with E-state index in [2.05, 4.69) is 0 Å². The summed E-state index contributed by atoms with van der Waals surface area (Å²) in [5, 5.41) is 0. The minimum Gasteiger partial charge on any atom is -0.377 e. The normalized spacial score (nSPS) is 11.7. The highest BCUT2D eigenvalue weighted by atomic mass is 32.2. The molecule has 2 aromatic carbocycles. The molecule has 0 atom stereocenters. The molecule has 2 rings (SSSR count). The van der Waals surface area contributed by atoms with Gasteiger partial charge in [0.25, 0.3) is 10.1 Å². The van der Waals surface area contributed by atoms with Crippen molar-refractivity contribution in [2.24, 2.45) is 0 Å². The van der Waals surface area contributed by atoms with Gasteiger partial charge in [-0.05, 0) is 17.7 Å². The lowest BCUT2D eigenvalue weighted by Gasteiger charge is -2.09. The standard InChI is InChI=1S/C29H44O11S/c30-41(31,29-9-5-2-6-10-29)40-26-25-38-22-21-36-18-17-34-14-13-32-11-12-33-15-16-35-19-20-37-23-24-39-27-28-7-3-1-4-8-28/h1-10H,11-27H2. The van der Waals surface area contributed by atoms with Crippen molar-refractivity contribution in [1.82, 2.24) is 0 Å². The van der Waals surface area contributed by atoms with Crippen molar-refractivity contribution in [3.8, 4) is 0 Å². The lowest BCUT2D eigenvalue weighted by atomic mass is 10.2. The molecule has 0 N–H and O–H groups in total. The average molecular weight is 601 g/mol. The monoisotopic (exact) mass is 600 g/mol. The van der Waals surface area contributed by atoms with E-state index in [9.17, 15) is 8.42 Å². The second kappa shape index (κ2) is 24.6. The van der Waals surface area contributed by atoms with Gasteiger partial charge in [-0.3, -0.25) is 4.18 Å². The molecule has 0 amide bonds. The lowest BCUT2D eigenvalue weighted by Crippen LogP contribution is -2.15. The topological polar surface area (TPSA) is 117 Å². The molecular formula is C29H44O11S. The van der Waals surface area contributed by atoms with E-state index >= 15 is 0 Å². The van der Waals surface area contributed by atoms with Crippen molar-refractivity contribution in [1.29, 1.82) is 0 Å². The third kappa shape index (κ3) is 19.7. The Bertz CT molecular complexity index is 946. The molecule has 11 nitrogen and oxygen atoms in total. The summed E-state index contributed by atoms with van der Waals surface area (Å²) in [5.74, 6) is 0. The fraction of sp³-hybridized carbons (Fsp3) is 0.586. The molecule has 0 aliphatic rings. The molecule has 0 unspecified atom stereocenters. The van der Waals surface area contributed by atoms with E-state index in [4.69, 9.17) is 42.1 Å². The summed E-state index contributed by atoms with van der Waals surface area (Å²) < 4.78 is 72.4. The highest BCUT2D eigenvalue weighted by Crippen LogP contribution is 2.10. The van der Waals surface area contributed by atoms with Crippen molar-refractivity contribution in [3.05, 3.63) is 66.2 Å². The summed E-state index contributed by atoms with van der Waals surface area (Å²) in [6.45, 7) is 7.34. The van der Waals surface area contributed by atoms with E-state index < -0.39 is 10.1 Å². The predicted octanol–water partition coefficient (Wildman–Crippen LogP) is 2.72. The van der Waals surface area contributed by atoms with E-state index in [0.29, 0.717) is 99.1 Å². The Kier molecular flexibility index (Phi) is 21.1. The zero-order chi connectivity index (χ0) is 29.1. The van der Waals surface area contributed by atoms with Gasteiger partial charge < -0.3 is 37.9 Å². The number of ether oxygens (including phenoxy) is 8. The van der Waals surface area contributed by atoms with Gasteiger partial charge in [-0.1, -0.05) is 48.5 Å². The first-order valence-corrected chi connectivity index (χ1v) is 15.2. The van der Waals surface area contributed by atoms with Gasteiger partial charge in [0, 0.05) is 0 Å². The van der Waals surface area contributed by atoms with E-state index in [1.807, 2.05) is 30.3 Å². The van der Waals surface area contributed by atoms with Gasteiger partial charge in [-0.15, -0.1) is 0 Å². The maximum absolute atomic E-state index is 11.9. The third-order valence-corrected chi connectivity index (χ3v) is 6.54. The molecule has 2 aromatic rings. The summed E-state index contributed by atoms with van der Waals surface area (Å²) in [6, 6.07) is 18.0. The van der Waals surface area contributed by atoms with Crippen molar-refractivity contribution in [3.63, 3.8) is 0 Å². The first-order chi connectivity index (χ1) is 20.2. The molecule has 0 saturated heterocycles. The Balaban J connectivity index is 1.20. The van der Waals surface area contributed by atoms with E-state index in [1.165, 1.54) is 12.1 Å². The number of rotatable bonds is 28. The van der Waals surface area contributed by atoms with E-state index in [-0.39, 0.29) is 18.1 Å². The Morgan fingerprint density at radius 2 is 0.707 bits per heavy atom. The lowest BCUT2D eigenvalue weighted by molar-refractivity contribution is -0.0240. The summed E-state index contributed by atoms with van der Waals surface area (Å²) in [5.41, 5.74) is 1.15. The largest absolute Gasteiger partial charge is 0.377 e. The maximum atomic E-state index is 11.9. The quantitative estimate of drug-likeness (QED) is 0.106. The van der Waals surface area contributed by atoms with Gasteiger partial charge in [-0.2, -0.15) is 8.42 Å². The van der Waals surface area contributed by atoms with Gasteiger partial charge >= 0.3 is 0 Å². The van der Waals surface area contributed by atoms with E-state index in [0.717, 1.165) is 5.56 Å². The van der Waals surface area contributed by atoms with Crippen LogP contribution in [0, 0.1) is 0 Å². The van der Waals surface area contributed by atoms with Crippen LogP contribution in [0.1, 0.15) is 5.56 Å². The van der Waals surface area contributed by atoms with Crippen LogP contribution < -0.4 is 0 Å². The van der Waals surface area contributed by atoms with Gasteiger partial charge in [0.15, 0.2) is 0 Å². The first kappa shape index (κ1) is 35.2. The van der Waals surface area contributed by atoms with Crippen LogP contribution in [0.5, 0.6) is 0 Å². The van der Waals surface area contributed by atoms with Crippen LogP contribution in [0.15, 0.2) is 65.6 Å². The SMILES string of the molecule is O=S(=O)(OCCOCCOCCOCCOCCOCCOCCOCCOCc1ccccc1)c1ccccc1. The molecule has 12 heteroatoms. The molecule has 0 aliphatic heterocycles. The number of hydrogen-bond donors (Lipinski definition) is 0. The Hall–Kier alpha value is -1.97. The second-order valence-corrected chi connectivity index (χ2v) is 10.0. The van der Waals surface area contributed by atoms with Crippen molar-refractivity contribution in [2.75, 3.05) is 106 Å². The van der Waals surface area contributed by atoms with Gasteiger partial charge in [0.05, 0.1) is 117 Å². The molecule has 232 valence electrons. The minimum atomic E-state index is -3.75. The maximum Gasteiger partial charge on any atom is 0.297 e. The molecule has 0 heterocycles. The third-order valence-electron chi connectivity index (χ3n) is 5.21. The van der Waals surface area contributed by atoms with Crippen LogP contribution in [0.4, 0.5) is 0 Å². The number of hydrogen-bond acceptors (Lipinski definition) is 11. The highest BCUT2D eigenvalue weighted by Gasteiger charge is 2.13. The number of benzene rings is 2. The van der Waals surface area contributed by atoms with Gasteiger partial charge in [0.2, 0.25) is 0 Å². The van der Waals surface area contributed by atoms with Crippen molar-refractivity contribution >= 4 is 10.1 Å². The summed E-state index contributed by atoms with van der Waals surface area (Å²) in [6.07, 6.45) is 0. The van der Waals surface area contributed by atoms with Crippen molar-refractivity contribution < 1.29 is 50.5 Å². The fourth-order valence-electron chi connectivity index (χ4n) is 3.16. The Morgan fingerprint density at radius 1 is 0.390 bits per heavy atom. The van der Waals surface area contributed by atoms with Crippen molar-refractivity contribution in [2.45, 2.75) is 11.5 Å². The molecule has 0 aliphatic carbocycles. The molecule has 0 aromatic heterocycles. The molecule has 0 bridgehead atoms. The average Bonchev–Trinajstić information content (AvgIpc) is 3.00. The highest BCUT2D eigenvalue weighted by molar-refractivity contribution is 7.86. The molecule has 0 radical (unpaired) electrons. The van der Waals surface area contributed by atoms with Gasteiger partial charge in [0.1, 0.15) is 0 Å². The van der Waals surface area contributed by atoms with Crippen LogP contribution in [0.25, 0.3) is 0 Å². The Labute approximate surface area is 244 Å². The zero-order valence-corrected chi connectivity index (χ0v) is 24.5. The predicted molar refractivity (Wildman–Crippen MR) is 151 cm³/mol. The second-order valence-electron chi connectivity index (χ2n) is 8.41. The Morgan fingerprint density at radius 3 is 1.10 bits per heavy atom. The minimum absolute atomic E-state index is 0.0540. The fourth-order valence-corrected chi connectivity index (χ4v) is 4.08. The van der Waals surface area contributed by atoms with Crippen LogP contribution >= 0.6 is 0 Å². The molecule has 0 saturated carbocycles. The van der Waals surface area contributed by atoms with Crippen LogP contribution in [0.2, 0.25) is 0 Å². The molecule has 41 heavy (non-hydrogen) atoms. The zero-order valence-electron chi connectivity index (χ0n) is 23.7. The summed E-state index contributed by atoms with van der Waals surface area (Å²) in [7, 11) is -3.75. The van der Waals surface area contributed by atoms with E-state index in [1.54, 1.807) is 18.2 Å². The smallest absolute Gasteiger partial charge is 0.297 e. The summed E-state index contributed by atoms with van der Waals surface area (Å²) in [4.78, 5) is 0.123. The first-order valence-electron chi connectivity index (χ1n) is 13.8. The molecule has 0 spiro atoms.